The van der Waals surface area contributed by atoms with E-state index in [1.807, 2.05) is 76.3 Å². The average Bonchev–Trinajstić information content (AvgIpc) is 3.63. The Kier molecular flexibility index (Phi) is 10.3. The lowest BCUT2D eigenvalue weighted by molar-refractivity contribution is -0.134. The zero-order chi connectivity index (χ0) is 39.8. The number of imide groups is 1. The van der Waals surface area contributed by atoms with Gasteiger partial charge in [0.2, 0.25) is 11.8 Å². The lowest BCUT2D eigenvalue weighted by Gasteiger charge is -2.54. The summed E-state index contributed by atoms with van der Waals surface area (Å²) in [4.78, 5) is 58.8. The third-order valence-corrected chi connectivity index (χ3v) is 12.9. The van der Waals surface area contributed by atoms with E-state index in [0.717, 1.165) is 107 Å². The van der Waals surface area contributed by atoms with Crippen LogP contribution in [0.1, 0.15) is 61.3 Å². The molecule has 6 heterocycles. The van der Waals surface area contributed by atoms with Crippen LogP contribution in [0.4, 0.5) is 22.0 Å². The second-order valence-corrected chi connectivity index (χ2v) is 16.5. The molecular weight excluding hydrogens is 735 g/mol. The van der Waals surface area contributed by atoms with Gasteiger partial charge in [0.1, 0.15) is 28.6 Å². The number of urea groups is 1. The molecule has 0 unspecified atom stereocenters. The van der Waals surface area contributed by atoms with Crippen LogP contribution in [0.2, 0.25) is 0 Å². The van der Waals surface area contributed by atoms with E-state index in [1.165, 1.54) is 0 Å². The number of hydrogen-bond acceptors (Lipinski definition) is 9. The second-order valence-electron chi connectivity index (χ2n) is 16.5. The lowest BCUT2D eigenvalue weighted by atomic mass is 9.72. The monoisotopic (exact) mass is 785 g/mol. The van der Waals surface area contributed by atoms with Crippen LogP contribution in [0.5, 0.6) is 11.5 Å². The molecule has 4 saturated heterocycles. The van der Waals surface area contributed by atoms with Crippen molar-refractivity contribution in [2.75, 3.05) is 74.0 Å². The lowest BCUT2D eigenvalue weighted by Crippen LogP contribution is -2.60. The van der Waals surface area contributed by atoms with E-state index in [4.69, 9.17) is 15.6 Å². The van der Waals surface area contributed by atoms with Gasteiger partial charge in [-0.3, -0.25) is 24.6 Å². The van der Waals surface area contributed by atoms with Crippen molar-refractivity contribution >= 4 is 40.9 Å². The summed E-state index contributed by atoms with van der Waals surface area (Å²) in [5.41, 5.74) is 9.95. The largest absolute Gasteiger partial charge is 0.457 e. The number of hydrogen-bond donors (Lipinski definition) is 3. The van der Waals surface area contributed by atoms with E-state index >= 15 is 0 Å². The Hall–Kier alpha value is -5.89. The summed E-state index contributed by atoms with van der Waals surface area (Å²) in [6.45, 7) is 7.33. The molecule has 14 nitrogen and oxygen atoms in total. The molecule has 0 radical (unpaired) electrons. The Morgan fingerprint density at radius 3 is 2.29 bits per heavy atom. The number of aromatic nitrogens is 2. The van der Waals surface area contributed by atoms with E-state index in [0.29, 0.717) is 53.5 Å². The summed E-state index contributed by atoms with van der Waals surface area (Å²) in [5.74, 6) is 1.93. The fraction of sp³-hybridized carbons (Fsp3) is 0.432. The van der Waals surface area contributed by atoms with E-state index < -0.39 is 5.91 Å². The van der Waals surface area contributed by atoms with E-state index in [2.05, 4.69) is 32.6 Å². The Morgan fingerprint density at radius 1 is 0.845 bits per heavy atom. The molecule has 5 amide bonds. The van der Waals surface area contributed by atoms with Gasteiger partial charge < -0.3 is 30.5 Å². The van der Waals surface area contributed by atoms with Gasteiger partial charge in [0.25, 0.3) is 5.91 Å². The van der Waals surface area contributed by atoms with Crippen LogP contribution < -0.4 is 30.9 Å². The van der Waals surface area contributed by atoms with Crippen molar-refractivity contribution in [3.05, 3.63) is 84.4 Å². The van der Waals surface area contributed by atoms with Gasteiger partial charge in [-0.1, -0.05) is 24.3 Å². The van der Waals surface area contributed by atoms with Crippen LogP contribution >= 0.6 is 0 Å². The Balaban J connectivity index is 0.748. The molecule has 9 rings (SSSR count). The zero-order valence-electron chi connectivity index (χ0n) is 32.8. The summed E-state index contributed by atoms with van der Waals surface area (Å²) in [7, 11) is 0. The van der Waals surface area contributed by atoms with Gasteiger partial charge in [0.15, 0.2) is 0 Å². The van der Waals surface area contributed by atoms with Crippen molar-refractivity contribution in [3.8, 4) is 22.8 Å². The van der Waals surface area contributed by atoms with Gasteiger partial charge in [-0.2, -0.15) is 5.10 Å². The minimum Gasteiger partial charge on any atom is -0.457 e. The molecule has 3 aromatic carbocycles. The van der Waals surface area contributed by atoms with E-state index in [9.17, 15) is 19.2 Å². The van der Waals surface area contributed by atoms with Crippen molar-refractivity contribution in [2.24, 2.45) is 17.1 Å². The number of benzene rings is 3. The van der Waals surface area contributed by atoms with Crippen LogP contribution in [-0.4, -0.2) is 102 Å². The molecule has 58 heavy (non-hydrogen) atoms. The van der Waals surface area contributed by atoms with Crippen LogP contribution in [-0.2, 0) is 9.59 Å². The van der Waals surface area contributed by atoms with Gasteiger partial charge in [-0.05, 0) is 98.0 Å². The summed E-state index contributed by atoms with van der Waals surface area (Å²) in [5, 5.41) is 10.8. The second kappa shape index (κ2) is 15.8. The number of para-hydroxylation sites is 1. The molecule has 0 saturated carbocycles. The predicted octanol–water partition coefficient (Wildman–Crippen LogP) is 5.48. The van der Waals surface area contributed by atoms with Gasteiger partial charge in [0, 0.05) is 88.7 Å². The standard InChI is InChI=1S/C44H51N9O5/c45-41(56)39-40(31-9-11-35(12-10-31)58-34-7-2-1-3-8-34)48-53-36(13-20-46-42(39)53)30-14-22-51(23-15-30)38(55)17-21-49-28-44(29-49)18-25-50(26-19-44)32-5-4-6-33(27-32)52-24-16-37(54)47-43(52)57/h1-12,27,30,36,46H,13-26,28-29H2,(H2,45,56)(H,47,54,57)/t36-/m0/s1. The van der Waals surface area contributed by atoms with Gasteiger partial charge in [0.05, 0.1) is 6.04 Å². The number of anilines is 3. The normalized spacial score (nSPS) is 20.9. The maximum absolute atomic E-state index is 13.4. The molecule has 0 aliphatic carbocycles. The van der Waals surface area contributed by atoms with Gasteiger partial charge >= 0.3 is 6.03 Å². The number of amides is 5. The zero-order valence-corrected chi connectivity index (χ0v) is 32.8. The first kappa shape index (κ1) is 37.7. The van der Waals surface area contributed by atoms with Crippen molar-refractivity contribution in [2.45, 2.75) is 51.0 Å². The number of likely N-dealkylation sites (tertiary alicyclic amines) is 2. The highest BCUT2D eigenvalue weighted by molar-refractivity contribution is 6.06. The highest BCUT2D eigenvalue weighted by atomic mass is 16.5. The Bertz CT molecular complexity index is 2170. The summed E-state index contributed by atoms with van der Waals surface area (Å²) in [6.07, 6.45) is 5.70. The van der Waals surface area contributed by atoms with Crippen molar-refractivity contribution in [3.63, 3.8) is 0 Å². The molecule has 4 aromatic rings. The van der Waals surface area contributed by atoms with Crippen molar-refractivity contribution < 1.29 is 23.9 Å². The maximum Gasteiger partial charge on any atom is 0.328 e. The number of fused-ring (bicyclic) bond motifs is 1. The highest BCUT2D eigenvalue weighted by Crippen LogP contribution is 2.43. The number of nitrogens with zero attached hydrogens (tertiary/aromatic N) is 6. The molecule has 0 bridgehead atoms. The molecule has 1 atom stereocenters. The first-order valence-electron chi connectivity index (χ1n) is 20.7. The topological polar surface area (TPSA) is 158 Å². The molecule has 302 valence electrons. The quantitative estimate of drug-likeness (QED) is 0.190. The SMILES string of the molecule is NC(=O)c1c(-c2ccc(Oc3ccccc3)cc2)nn2c1NCC[C@H]2C1CCN(C(=O)CCN2CC3(CCN(c4cccc(N5CCC(=O)NC5=O)c4)CC3)C2)CC1. The maximum atomic E-state index is 13.4. The molecule has 5 aliphatic heterocycles. The molecule has 4 fully saturated rings. The third-order valence-electron chi connectivity index (χ3n) is 12.9. The number of carbonyl (C=O) groups excluding carboxylic acids is 4. The summed E-state index contributed by atoms with van der Waals surface area (Å²) >= 11 is 0. The van der Waals surface area contributed by atoms with Gasteiger partial charge in [-0.15, -0.1) is 0 Å². The Labute approximate surface area is 338 Å². The van der Waals surface area contributed by atoms with E-state index in [-0.39, 0.29) is 23.9 Å². The minimum absolute atomic E-state index is 0.108. The summed E-state index contributed by atoms with van der Waals surface area (Å²) < 4.78 is 7.95. The molecule has 1 spiro atoms. The van der Waals surface area contributed by atoms with E-state index in [1.54, 1.807) is 4.90 Å². The van der Waals surface area contributed by atoms with Crippen LogP contribution in [0.25, 0.3) is 11.3 Å². The first-order chi connectivity index (χ1) is 28.2. The number of carbonyl (C=O) groups is 4. The smallest absolute Gasteiger partial charge is 0.328 e. The molecular formula is C44H51N9O5. The number of piperidine rings is 2. The number of primary amides is 1. The third kappa shape index (κ3) is 7.60. The highest BCUT2D eigenvalue weighted by Gasteiger charge is 2.45. The predicted molar refractivity (Wildman–Crippen MR) is 221 cm³/mol. The fourth-order valence-electron chi connectivity index (χ4n) is 9.71. The Morgan fingerprint density at radius 2 is 1.57 bits per heavy atom. The minimum atomic E-state index is -0.513. The number of rotatable bonds is 10. The molecule has 4 N–H and O–H groups in total. The first-order valence-corrected chi connectivity index (χ1v) is 20.7. The van der Waals surface area contributed by atoms with Crippen LogP contribution in [0.15, 0.2) is 78.9 Å². The summed E-state index contributed by atoms with van der Waals surface area (Å²) in [6, 6.07) is 25.0. The average molecular weight is 786 g/mol. The van der Waals surface area contributed by atoms with Crippen LogP contribution in [0, 0.1) is 11.3 Å². The number of nitrogens with two attached hydrogens (primary N) is 1. The number of ether oxygens (including phenoxy) is 1. The molecule has 14 heteroatoms. The van der Waals surface area contributed by atoms with Gasteiger partial charge in [-0.25, -0.2) is 9.48 Å². The molecule has 1 aromatic heterocycles. The fourth-order valence-corrected chi connectivity index (χ4v) is 9.71. The van der Waals surface area contributed by atoms with Crippen molar-refractivity contribution in [1.29, 1.82) is 0 Å². The number of nitrogens with one attached hydrogen (secondary N) is 2. The van der Waals surface area contributed by atoms with Crippen LogP contribution in [0.3, 0.4) is 0 Å². The van der Waals surface area contributed by atoms with Crippen molar-refractivity contribution in [1.82, 2.24) is 24.9 Å². The molecule has 5 aliphatic rings.